The van der Waals surface area contributed by atoms with Gasteiger partial charge in [-0.25, -0.2) is 0 Å². The molecule has 5 heteroatoms. The van der Waals surface area contributed by atoms with Gasteiger partial charge in [0.15, 0.2) is 0 Å². The van der Waals surface area contributed by atoms with Crippen LogP contribution in [0.25, 0.3) is 0 Å². The highest BCUT2D eigenvalue weighted by Crippen LogP contribution is 2.17. The maximum Gasteiger partial charge on any atom is 0.123 e. The summed E-state index contributed by atoms with van der Waals surface area (Å²) in [6.45, 7) is 6.03. The summed E-state index contributed by atoms with van der Waals surface area (Å²) in [5.74, 6) is 0.933. The molecular weight excluding hydrogens is 343 g/mol. The molecule has 0 fully saturated rings. The standard InChI is InChI=1S/C19H26N2O.2ClH/c1-15(2)21-18(16-9-5-4-6-10-16)14-20-13-17-11-7-8-12-19(17)22-3;;/h4-12,15,18,20-21H,13-14H2,1-3H3;2*1H. The van der Waals surface area contributed by atoms with Crippen LogP contribution in [0.2, 0.25) is 0 Å². The van der Waals surface area contributed by atoms with Gasteiger partial charge in [-0.3, -0.25) is 0 Å². The van der Waals surface area contributed by atoms with Gasteiger partial charge < -0.3 is 15.4 Å². The third-order valence-corrected chi connectivity index (χ3v) is 3.59. The van der Waals surface area contributed by atoms with Gasteiger partial charge in [-0.1, -0.05) is 62.4 Å². The molecule has 0 aliphatic carbocycles. The normalized spacial score (nSPS) is 11.3. The number of hydrogen-bond acceptors (Lipinski definition) is 3. The largest absolute Gasteiger partial charge is 0.496 e. The molecule has 2 rings (SSSR count). The molecule has 2 aromatic rings. The molecule has 0 aromatic heterocycles. The van der Waals surface area contributed by atoms with Crippen LogP contribution in [0, 0.1) is 0 Å². The third kappa shape index (κ3) is 7.10. The summed E-state index contributed by atoms with van der Waals surface area (Å²) in [5, 5.41) is 7.16. The van der Waals surface area contributed by atoms with Crippen LogP contribution in [0.4, 0.5) is 0 Å². The Morgan fingerprint density at radius 3 is 2.17 bits per heavy atom. The van der Waals surface area contributed by atoms with Crippen molar-refractivity contribution in [3.63, 3.8) is 0 Å². The molecule has 1 unspecified atom stereocenters. The molecule has 24 heavy (non-hydrogen) atoms. The molecule has 0 heterocycles. The molecule has 0 saturated carbocycles. The van der Waals surface area contributed by atoms with E-state index in [1.165, 1.54) is 11.1 Å². The minimum absolute atomic E-state index is 0. The summed E-state index contributed by atoms with van der Waals surface area (Å²) >= 11 is 0. The van der Waals surface area contributed by atoms with Gasteiger partial charge in [0.05, 0.1) is 7.11 Å². The lowest BCUT2D eigenvalue weighted by Gasteiger charge is -2.22. The fourth-order valence-electron chi connectivity index (χ4n) is 2.56. The van der Waals surface area contributed by atoms with E-state index < -0.39 is 0 Å². The maximum atomic E-state index is 5.40. The van der Waals surface area contributed by atoms with Crippen LogP contribution in [0.5, 0.6) is 5.75 Å². The topological polar surface area (TPSA) is 33.3 Å². The maximum absolute atomic E-state index is 5.40. The number of halogens is 2. The van der Waals surface area contributed by atoms with Crippen molar-refractivity contribution in [1.82, 2.24) is 10.6 Å². The first kappa shape index (κ1) is 22.7. The molecular formula is C19H28Cl2N2O. The molecule has 0 aliphatic heterocycles. The minimum atomic E-state index is 0. The smallest absolute Gasteiger partial charge is 0.123 e. The second-order valence-corrected chi connectivity index (χ2v) is 5.73. The van der Waals surface area contributed by atoms with Crippen molar-refractivity contribution in [2.45, 2.75) is 32.5 Å². The summed E-state index contributed by atoms with van der Waals surface area (Å²) in [6, 6.07) is 19.4. The van der Waals surface area contributed by atoms with Crippen LogP contribution in [0.1, 0.15) is 31.0 Å². The highest BCUT2D eigenvalue weighted by Gasteiger charge is 2.12. The lowest BCUT2D eigenvalue weighted by atomic mass is 10.1. The highest BCUT2D eigenvalue weighted by molar-refractivity contribution is 5.85. The van der Waals surface area contributed by atoms with E-state index in [0.717, 1.165) is 18.8 Å². The average Bonchev–Trinajstić information content (AvgIpc) is 2.55. The van der Waals surface area contributed by atoms with E-state index in [4.69, 9.17) is 4.74 Å². The van der Waals surface area contributed by atoms with Crippen molar-refractivity contribution in [3.05, 3.63) is 65.7 Å². The number of benzene rings is 2. The van der Waals surface area contributed by atoms with Gasteiger partial charge in [0, 0.05) is 30.7 Å². The van der Waals surface area contributed by atoms with Gasteiger partial charge in [0.25, 0.3) is 0 Å². The van der Waals surface area contributed by atoms with Crippen molar-refractivity contribution in [1.29, 1.82) is 0 Å². The van der Waals surface area contributed by atoms with Crippen LogP contribution < -0.4 is 15.4 Å². The number of rotatable bonds is 8. The second kappa shape index (κ2) is 12.2. The third-order valence-electron chi connectivity index (χ3n) is 3.59. The van der Waals surface area contributed by atoms with E-state index in [1.807, 2.05) is 18.2 Å². The molecule has 134 valence electrons. The first-order valence-electron chi connectivity index (χ1n) is 7.84. The van der Waals surface area contributed by atoms with Crippen molar-refractivity contribution in [3.8, 4) is 5.75 Å². The van der Waals surface area contributed by atoms with E-state index in [1.54, 1.807) is 7.11 Å². The Balaban J connectivity index is 0.00000264. The molecule has 2 aromatic carbocycles. The summed E-state index contributed by atoms with van der Waals surface area (Å²) in [6.07, 6.45) is 0. The minimum Gasteiger partial charge on any atom is -0.496 e. The lowest BCUT2D eigenvalue weighted by molar-refractivity contribution is 0.404. The van der Waals surface area contributed by atoms with Gasteiger partial charge in [0.2, 0.25) is 0 Å². The van der Waals surface area contributed by atoms with E-state index in [0.29, 0.717) is 12.1 Å². The Bertz CT molecular complexity index is 564. The molecule has 0 bridgehead atoms. The Hall–Kier alpha value is -1.26. The summed E-state index contributed by atoms with van der Waals surface area (Å²) in [7, 11) is 1.71. The predicted molar refractivity (Wildman–Crippen MR) is 107 cm³/mol. The predicted octanol–water partition coefficient (Wildman–Crippen LogP) is 4.37. The van der Waals surface area contributed by atoms with Gasteiger partial charge in [-0.05, 0) is 11.6 Å². The Morgan fingerprint density at radius 2 is 1.54 bits per heavy atom. The van der Waals surface area contributed by atoms with Crippen LogP contribution in [0.3, 0.4) is 0 Å². The fourth-order valence-corrected chi connectivity index (χ4v) is 2.56. The van der Waals surface area contributed by atoms with Gasteiger partial charge in [0.1, 0.15) is 5.75 Å². The molecule has 0 saturated heterocycles. The monoisotopic (exact) mass is 370 g/mol. The zero-order valence-electron chi connectivity index (χ0n) is 14.5. The van der Waals surface area contributed by atoms with Gasteiger partial charge >= 0.3 is 0 Å². The SMILES string of the molecule is COc1ccccc1CNCC(NC(C)C)c1ccccc1.Cl.Cl. The molecule has 2 N–H and O–H groups in total. The molecule has 0 aliphatic rings. The summed E-state index contributed by atoms with van der Waals surface area (Å²) < 4.78 is 5.40. The number of hydrogen-bond donors (Lipinski definition) is 2. The molecule has 0 radical (unpaired) electrons. The van der Waals surface area contributed by atoms with E-state index in [2.05, 4.69) is 60.9 Å². The number of ether oxygens (including phenoxy) is 1. The van der Waals surface area contributed by atoms with Crippen molar-refractivity contribution >= 4 is 24.8 Å². The van der Waals surface area contributed by atoms with Crippen LogP contribution in [0.15, 0.2) is 54.6 Å². The summed E-state index contributed by atoms with van der Waals surface area (Å²) in [4.78, 5) is 0. The zero-order valence-corrected chi connectivity index (χ0v) is 16.1. The van der Waals surface area contributed by atoms with E-state index in [9.17, 15) is 0 Å². The van der Waals surface area contributed by atoms with Crippen LogP contribution in [-0.2, 0) is 6.54 Å². The molecule has 3 nitrogen and oxygen atoms in total. The van der Waals surface area contributed by atoms with E-state index >= 15 is 0 Å². The average molecular weight is 371 g/mol. The molecule has 0 amide bonds. The summed E-state index contributed by atoms with van der Waals surface area (Å²) in [5.41, 5.74) is 2.49. The molecule has 0 spiro atoms. The number of para-hydroxylation sites is 1. The van der Waals surface area contributed by atoms with Gasteiger partial charge in [-0.15, -0.1) is 24.8 Å². The van der Waals surface area contributed by atoms with Crippen LogP contribution >= 0.6 is 24.8 Å². The van der Waals surface area contributed by atoms with Gasteiger partial charge in [-0.2, -0.15) is 0 Å². The first-order valence-corrected chi connectivity index (χ1v) is 7.84. The lowest BCUT2D eigenvalue weighted by Crippen LogP contribution is -2.35. The first-order chi connectivity index (χ1) is 10.7. The Labute approximate surface area is 158 Å². The van der Waals surface area contributed by atoms with Crippen LogP contribution in [-0.4, -0.2) is 19.7 Å². The zero-order chi connectivity index (χ0) is 15.8. The molecule has 1 atom stereocenters. The van der Waals surface area contributed by atoms with E-state index in [-0.39, 0.29) is 24.8 Å². The fraction of sp³-hybridized carbons (Fsp3) is 0.368. The van der Waals surface area contributed by atoms with Crippen molar-refractivity contribution < 1.29 is 4.74 Å². The number of methoxy groups -OCH3 is 1. The van der Waals surface area contributed by atoms with Crippen molar-refractivity contribution in [2.75, 3.05) is 13.7 Å². The Kier molecular flexibility index (Phi) is 11.5. The van der Waals surface area contributed by atoms with Crippen molar-refractivity contribution in [2.24, 2.45) is 0 Å². The Morgan fingerprint density at radius 1 is 0.917 bits per heavy atom. The highest BCUT2D eigenvalue weighted by atomic mass is 35.5. The second-order valence-electron chi connectivity index (χ2n) is 5.73. The quantitative estimate of drug-likeness (QED) is 0.723. The number of nitrogens with one attached hydrogen (secondary N) is 2.